The number of rotatable bonds is 5. The van der Waals surface area contributed by atoms with E-state index in [0.29, 0.717) is 6.54 Å². The molecule has 1 aromatic rings. The fourth-order valence-corrected chi connectivity index (χ4v) is 2.08. The number of methoxy groups -OCH3 is 2. The largest absolute Gasteiger partial charge is 0.496 e. The summed E-state index contributed by atoms with van der Waals surface area (Å²) in [5.74, 6) is 1.61. The molecule has 0 aliphatic carbocycles. The Bertz CT molecular complexity index is 369. The lowest BCUT2D eigenvalue weighted by Crippen LogP contribution is -2.12. The predicted octanol–water partition coefficient (Wildman–Crippen LogP) is 2.43. The molecule has 0 amide bonds. The molecule has 0 aliphatic rings. The van der Waals surface area contributed by atoms with Gasteiger partial charge < -0.3 is 14.3 Å². The molecule has 0 saturated carbocycles. The molecule has 1 N–H and O–H groups in total. The molecule has 0 aliphatic heterocycles. The van der Waals surface area contributed by atoms with Gasteiger partial charge in [0.1, 0.15) is 11.5 Å². The topological polar surface area (TPSA) is 39.7 Å². The molecule has 0 spiro atoms. The van der Waals surface area contributed by atoms with Crippen molar-refractivity contribution in [2.75, 3.05) is 21.3 Å². The van der Waals surface area contributed by atoms with Gasteiger partial charge >= 0.3 is 0 Å². The van der Waals surface area contributed by atoms with Gasteiger partial charge in [0, 0.05) is 17.7 Å². The zero-order valence-electron chi connectivity index (χ0n) is 9.89. The van der Waals surface area contributed by atoms with E-state index in [1.807, 2.05) is 13.0 Å². The van der Waals surface area contributed by atoms with Crippen LogP contribution >= 0.6 is 15.9 Å². The van der Waals surface area contributed by atoms with Crippen LogP contribution in [0.5, 0.6) is 11.5 Å². The summed E-state index contributed by atoms with van der Waals surface area (Å²) < 4.78 is 11.6. The average Bonchev–Trinajstić information content (AvgIpc) is 2.30. The van der Waals surface area contributed by atoms with Crippen LogP contribution in [0.15, 0.2) is 10.5 Å². The number of hydrogen-bond donors (Lipinski definition) is 1. The number of ether oxygens (including phenoxy) is 2. The van der Waals surface area contributed by atoms with Crippen LogP contribution in [0.3, 0.4) is 0 Å². The van der Waals surface area contributed by atoms with Crippen LogP contribution in [0, 0.1) is 6.92 Å². The molecule has 0 atom stereocenters. The van der Waals surface area contributed by atoms with Gasteiger partial charge in [0.15, 0.2) is 0 Å². The van der Waals surface area contributed by atoms with E-state index in [0.717, 1.165) is 27.1 Å². The third-order valence-corrected chi connectivity index (χ3v) is 3.28. The molecular weight excluding hydrogens is 274 g/mol. The number of benzene rings is 1. The molecule has 90 valence electrons. The first-order valence-electron chi connectivity index (χ1n) is 4.81. The fourth-order valence-electron chi connectivity index (χ4n) is 1.47. The van der Waals surface area contributed by atoms with Crippen LogP contribution in [0.2, 0.25) is 0 Å². The summed E-state index contributed by atoms with van der Waals surface area (Å²) in [6.07, 6.45) is 0. The molecule has 1 aromatic carbocycles. The SMILES string of the molecule is CONCc1cc(OC)c(C)c(Br)c1OC. The van der Waals surface area contributed by atoms with Crippen molar-refractivity contribution in [2.45, 2.75) is 13.5 Å². The third kappa shape index (κ3) is 2.66. The summed E-state index contributed by atoms with van der Waals surface area (Å²) in [4.78, 5) is 4.83. The van der Waals surface area contributed by atoms with Gasteiger partial charge in [0.25, 0.3) is 0 Å². The summed E-state index contributed by atoms with van der Waals surface area (Å²) in [6.45, 7) is 2.52. The van der Waals surface area contributed by atoms with Gasteiger partial charge in [0.05, 0.1) is 25.8 Å². The molecule has 0 bridgehead atoms. The summed E-state index contributed by atoms with van der Waals surface area (Å²) in [6, 6.07) is 1.94. The van der Waals surface area contributed by atoms with Crippen molar-refractivity contribution >= 4 is 15.9 Å². The van der Waals surface area contributed by atoms with Crippen LogP contribution in [-0.4, -0.2) is 21.3 Å². The highest BCUT2D eigenvalue weighted by Gasteiger charge is 2.14. The van der Waals surface area contributed by atoms with Crippen LogP contribution in [0.4, 0.5) is 0 Å². The van der Waals surface area contributed by atoms with E-state index in [-0.39, 0.29) is 0 Å². The predicted molar refractivity (Wildman–Crippen MR) is 65.8 cm³/mol. The number of nitrogens with one attached hydrogen (secondary N) is 1. The van der Waals surface area contributed by atoms with Gasteiger partial charge in [0.2, 0.25) is 0 Å². The second-order valence-electron chi connectivity index (χ2n) is 3.24. The summed E-state index contributed by atoms with van der Waals surface area (Å²) in [5.41, 5.74) is 4.77. The highest BCUT2D eigenvalue weighted by Crippen LogP contribution is 2.37. The molecule has 0 heterocycles. The fraction of sp³-hybridized carbons (Fsp3) is 0.455. The maximum atomic E-state index is 5.36. The first-order valence-corrected chi connectivity index (χ1v) is 5.60. The number of hydroxylamine groups is 1. The highest BCUT2D eigenvalue weighted by molar-refractivity contribution is 9.10. The third-order valence-electron chi connectivity index (χ3n) is 2.33. The van der Waals surface area contributed by atoms with Crippen molar-refractivity contribution in [1.29, 1.82) is 0 Å². The molecule has 0 saturated heterocycles. The smallest absolute Gasteiger partial charge is 0.138 e. The minimum absolute atomic E-state index is 0.551. The van der Waals surface area contributed by atoms with Crippen molar-refractivity contribution in [3.8, 4) is 11.5 Å². The average molecular weight is 290 g/mol. The van der Waals surface area contributed by atoms with E-state index in [4.69, 9.17) is 14.3 Å². The molecule has 5 heteroatoms. The van der Waals surface area contributed by atoms with Crippen molar-refractivity contribution < 1.29 is 14.3 Å². The lowest BCUT2D eigenvalue weighted by atomic mass is 10.1. The summed E-state index contributed by atoms with van der Waals surface area (Å²) in [7, 11) is 4.87. The molecule has 16 heavy (non-hydrogen) atoms. The standard InChI is InChI=1S/C11H16BrNO3/c1-7-9(14-2)5-8(6-13-16-4)11(15-3)10(7)12/h5,13H,6H2,1-4H3. The quantitative estimate of drug-likeness (QED) is 0.845. The maximum Gasteiger partial charge on any atom is 0.138 e. The van der Waals surface area contributed by atoms with Gasteiger partial charge in [-0.15, -0.1) is 0 Å². The van der Waals surface area contributed by atoms with E-state index < -0.39 is 0 Å². The second kappa shape index (κ2) is 6.08. The Morgan fingerprint density at radius 1 is 1.25 bits per heavy atom. The molecule has 1 rings (SSSR count). The van der Waals surface area contributed by atoms with Gasteiger partial charge in [-0.3, -0.25) is 0 Å². The van der Waals surface area contributed by atoms with Gasteiger partial charge in [-0.1, -0.05) is 0 Å². The number of hydrogen-bond acceptors (Lipinski definition) is 4. The zero-order valence-corrected chi connectivity index (χ0v) is 11.5. The molecular formula is C11H16BrNO3. The first-order chi connectivity index (χ1) is 7.65. The lowest BCUT2D eigenvalue weighted by Gasteiger charge is -2.15. The molecule has 0 aromatic heterocycles. The Labute approximate surface area is 104 Å². The van der Waals surface area contributed by atoms with Crippen molar-refractivity contribution in [3.05, 3.63) is 21.7 Å². The molecule has 0 fully saturated rings. The van der Waals surface area contributed by atoms with E-state index in [9.17, 15) is 0 Å². The number of halogens is 1. The Morgan fingerprint density at radius 3 is 2.44 bits per heavy atom. The van der Waals surface area contributed by atoms with Crippen LogP contribution in [0.25, 0.3) is 0 Å². The van der Waals surface area contributed by atoms with Crippen molar-refractivity contribution in [1.82, 2.24) is 5.48 Å². The minimum Gasteiger partial charge on any atom is -0.496 e. The highest BCUT2D eigenvalue weighted by atomic mass is 79.9. The first kappa shape index (κ1) is 13.3. The van der Waals surface area contributed by atoms with Gasteiger partial charge in [-0.05, 0) is 28.9 Å². The van der Waals surface area contributed by atoms with E-state index in [2.05, 4.69) is 21.4 Å². The Kier molecular flexibility index (Phi) is 5.05. The van der Waals surface area contributed by atoms with Crippen LogP contribution < -0.4 is 15.0 Å². The van der Waals surface area contributed by atoms with E-state index in [1.165, 1.54) is 0 Å². The Hall–Kier alpha value is -0.780. The van der Waals surface area contributed by atoms with Crippen molar-refractivity contribution in [2.24, 2.45) is 0 Å². The summed E-state index contributed by atoms with van der Waals surface area (Å²) in [5, 5.41) is 0. The zero-order chi connectivity index (χ0) is 12.1. The van der Waals surface area contributed by atoms with Crippen LogP contribution in [-0.2, 0) is 11.4 Å². The Balaban J connectivity index is 3.18. The normalized spacial score (nSPS) is 10.3. The molecule has 0 radical (unpaired) electrons. The molecule has 4 nitrogen and oxygen atoms in total. The van der Waals surface area contributed by atoms with E-state index >= 15 is 0 Å². The van der Waals surface area contributed by atoms with Crippen molar-refractivity contribution in [3.63, 3.8) is 0 Å². The van der Waals surface area contributed by atoms with Gasteiger partial charge in [-0.25, -0.2) is 0 Å². The minimum atomic E-state index is 0.551. The maximum absolute atomic E-state index is 5.36. The molecule has 0 unspecified atom stereocenters. The lowest BCUT2D eigenvalue weighted by molar-refractivity contribution is 0.0860. The monoisotopic (exact) mass is 289 g/mol. The second-order valence-corrected chi connectivity index (χ2v) is 4.03. The Morgan fingerprint density at radius 2 is 1.94 bits per heavy atom. The summed E-state index contributed by atoms with van der Waals surface area (Å²) >= 11 is 3.50. The van der Waals surface area contributed by atoms with Crippen LogP contribution in [0.1, 0.15) is 11.1 Å². The van der Waals surface area contributed by atoms with Gasteiger partial charge in [-0.2, -0.15) is 5.48 Å². The van der Waals surface area contributed by atoms with E-state index in [1.54, 1.807) is 21.3 Å².